The molecule has 0 N–H and O–H groups in total. The smallest absolute Gasteiger partial charge is 0.338 e. The molecule has 1 fully saturated rings. The molecule has 0 aliphatic heterocycles. The Morgan fingerprint density at radius 3 is 2.39 bits per heavy atom. The van der Waals surface area contributed by atoms with Gasteiger partial charge in [0.05, 0.1) is 38.1 Å². The van der Waals surface area contributed by atoms with Gasteiger partial charge in [-0.3, -0.25) is 0 Å². The van der Waals surface area contributed by atoms with Crippen LogP contribution in [0.4, 0.5) is 0 Å². The number of hydrogen-bond donors (Lipinski definition) is 0. The summed E-state index contributed by atoms with van der Waals surface area (Å²) in [5, 5.41) is 0. The highest BCUT2D eigenvalue weighted by Gasteiger charge is 2.24. The van der Waals surface area contributed by atoms with Crippen molar-refractivity contribution in [3.63, 3.8) is 0 Å². The Morgan fingerprint density at radius 2 is 1.87 bits per heavy atom. The van der Waals surface area contributed by atoms with Crippen molar-refractivity contribution in [1.29, 1.82) is 0 Å². The molecule has 0 heterocycles. The SMILES string of the molecule is C=CCOC1CCCC(OC/C(C=C)=C(/C(=C)C)C(=O)OC)C1. The zero-order chi connectivity index (χ0) is 17.2. The first-order chi connectivity index (χ1) is 11.0. The van der Waals surface area contributed by atoms with Crippen molar-refractivity contribution in [3.05, 3.63) is 48.6 Å². The Bertz CT molecular complexity index is 476. The third-order valence-electron chi connectivity index (χ3n) is 3.89. The van der Waals surface area contributed by atoms with E-state index in [-0.39, 0.29) is 12.2 Å². The number of methoxy groups -OCH3 is 1. The molecule has 1 saturated carbocycles. The Hall–Kier alpha value is -1.65. The molecule has 128 valence electrons. The Labute approximate surface area is 139 Å². The van der Waals surface area contributed by atoms with Crippen LogP contribution >= 0.6 is 0 Å². The Kier molecular flexibility index (Phi) is 8.59. The standard InChI is InChI=1S/C19H28O4/c1-6-11-22-16-9-8-10-17(12-16)23-13-15(7-2)18(14(3)4)19(20)21-5/h6-7,16-17H,1-3,8-13H2,4-5H3/b18-15-. The number of carbonyl (C=O) groups is 1. The van der Waals surface area contributed by atoms with Crippen molar-refractivity contribution in [2.45, 2.75) is 44.8 Å². The molecular formula is C19H28O4. The molecule has 2 atom stereocenters. The predicted octanol–water partition coefficient (Wildman–Crippen LogP) is 3.75. The van der Waals surface area contributed by atoms with Gasteiger partial charge in [-0.15, -0.1) is 6.58 Å². The van der Waals surface area contributed by atoms with E-state index in [2.05, 4.69) is 19.7 Å². The normalized spacial score (nSPS) is 22.0. The number of rotatable bonds is 9. The Balaban J connectivity index is 2.69. The highest BCUT2D eigenvalue weighted by molar-refractivity contribution is 5.94. The molecule has 0 bridgehead atoms. The first-order valence-electron chi connectivity index (χ1n) is 7.97. The molecule has 0 saturated heterocycles. The zero-order valence-corrected chi connectivity index (χ0v) is 14.3. The van der Waals surface area contributed by atoms with Crippen molar-refractivity contribution in [3.8, 4) is 0 Å². The lowest BCUT2D eigenvalue weighted by Gasteiger charge is -2.29. The third-order valence-corrected chi connectivity index (χ3v) is 3.89. The molecule has 0 aromatic rings. The summed E-state index contributed by atoms with van der Waals surface area (Å²) in [6, 6.07) is 0. The second kappa shape index (κ2) is 10.2. The van der Waals surface area contributed by atoms with Gasteiger partial charge in [0.2, 0.25) is 0 Å². The van der Waals surface area contributed by atoms with Crippen LogP contribution in [0, 0.1) is 0 Å². The third kappa shape index (κ3) is 6.16. The molecule has 1 aliphatic carbocycles. The van der Waals surface area contributed by atoms with Crippen LogP contribution in [0.25, 0.3) is 0 Å². The van der Waals surface area contributed by atoms with Crippen molar-refractivity contribution >= 4 is 5.97 Å². The fraction of sp³-hybridized carbons (Fsp3) is 0.526. The lowest BCUT2D eigenvalue weighted by molar-refractivity contribution is -0.135. The van der Waals surface area contributed by atoms with E-state index < -0.39 is 5.97 Å². The van der Waals surface area contributed by atoms with Crippen LogP contribution in [0.2, 0.25) is 0 Å². The summed E-state index contributed by atoms with van der Waals surface area (Å²) < 4.78 is 16.5. The maximum absolute atomic E-state index is 11.9. The molecule has 2 unspecified atom stereocenters. The molecule has 0 aromatic carbocycles. The second-order valence-corrected chi connectivity index (χ2v) is 5.72. The van der Waals surface area contributed by atoms with Gasteiger partial charge in [-0.1, -0.05) is 25.3 Å². The first kappa shape index (κ1) is 19.4. The lowest BCUT2D eigenvalue weighted by atomic mass is 9.94. The first-order valence-corrected chi connectivity index (χ1v) is 7.97. The van der Waals surface area contributed by atoms with Crippen molar-refractivity contribution in [1.82, 2.24) is 0 Å². The maximum atomic E-state index is 11.9. The van der Waals surface area contributed by atoms with E-state index in [0.29, 0.717) is 29.9 Å². The zero-order valence-electron chi connectivity index (χ0n) is 14.3. The molecule has 1 aliphatic rings. The van der Waals surface area contributed by atoms with Gasteiger partial charge in [0, 0.05) is 0 Å². The molecule has 0 aromatic heterocycles. The van der Waals surface area contributed by atoms with Crippen LogP contribution in [0.3, 0.4) is 0 Å². The van der Waals surface area contributed by atoms with E-state index in [0.717, 1.165) is 25.7 Å². The predicted molar refractivity (Wildman–Crippen MR) is 92.2 cm³/mol. The summed E-state index contributed by atoms with van der Waals surface area (Å²) in [6.07, 6.45) is 7.72. The van der Waals surface area contributed by atoms with Gasteiger partial charge in [0.25, 0.3) is 0 Å². The fourth-order valence-corrected chi connectivity index (χ4v) is 2.73. The van der Waals surface area contributed by atoms with Crippen LogP contribution in [-0.4, -0.2) is 38.5 Å². The van der Waals surface area contributed by atoms with E-state index >= 15 is 0 Å². The van der Waals surface area contributed by atoms with E-state index in [1.165, 1.54) is 7.11 Å². The number of hydrogen-bond acceptors (Lipinski definition) is 4. The van der Waals surface area contributed by atoms with E-state index in [1.54, 1.807) is 19.1 Å². The Morgan fingerprint density at radius 1 is 1.22 bits per heavy atom. The van der Waals surface area contributed by atoms with Gasteiger partial charge in [-0.2, -0.15) is 0 Å². The molecule has 0 spiro atoms. The van der Waals surface area contributed by atoms with Crippen molar-refractivity contribution in [2.24, 2.45) is 0 Å². The van der Waals surface area contributed by atoms with E-state index in [4.69, 9.17) is 14.2 Å². The van der Waals surface area contributed by atoms with Crippen LogP contribution < -0.4 is 0 Å². The molecule has 4 heteroatoms. The highest BCUT2D eigenvalue weighted by atomic mass is 16.5. The molecule has 23 heavy (non-hydrogen) atoms. The lowest BCUT2D eigenvalue weighted by Crippen LogP contribution is -2.29. The fourth-order valence-electron chi connectivity index (χ4n) is 2.73. The number of ether oxygens (including phenoxy) is 3. The quantitative estimate of drug-likeness (QED) is 0.281. The summed E-state index contributed by atoms with van der Waals surface area (Å²) in [6.45, 7) is 13.9. The monoisotopic (exact) mass is 320 g/mol. The molecule has 0 amide bonds. The van der Waals surface area contributed by atoms with Crippen LogP contribution in [0.1, 0.15) is 32.6 Å². The topological polar surface area (TPSA) is 44.8 Å². The van der Waals surface area contributed by atoms with Crippen molar-refractivity contribution < 1.29 is 19.0 Å². The molecular weight excluding hydrogens is 292 g/mol. The van der Waals surface area contributed by atoms with E-state index in [1.807, 2.05) is 0 Å². The van der Waals surface area contributed by atoms with Crippen LogP contribution in [0.15, 0.2) is 48.6 Å². The number of esters is 1. The average Bonchev–Trinajstić information content (AvgIpc) is 2.56. The van der Waals surface area contributed by atoms with Crippen LogP contribution in [-0.2, 0) is 19.0 Å². The minimum atomic E-state index is -0.410. The summed E-state index contributed by atoms with van der Waals surface area (Å²) >= 11 is 0. The summed E-state index contributed by atoms with van der Waals surface area (Å²) in [7, 11) is 1.36. The number of carbonyl (C=O) groups excluding carboxylic acids is 1. The largest absolute Gasteiger partial charge is 0.465 e. The van der Waals surface area contributed by atoms with Gasteiger partial charge in [0.15, 0.2) is 0 Å². The minimum Gasteiger partial charge on any atom is -0.465 e. The molecule has 1 rings (SSSR count). The van der Waals surface area contributed by atoms with Gasteiger partial charge < -0.3 is 14.2 Å². The van der Waals surface area contributed by atoms with Gasteiger partial charge in [-0.05, 0) is 43.8 Å². The minimum absolute atomic E-state index is 0.123. The van der Waals surface area contributed by atoms with Gasteiger partial charge >= 0.3 is 5.97 Å². The van der Waals surface area contributed by atoms with Gasteiger partial charge in [0.1, 0.15) is 0 Å². The van der Waals surface area contributed by atoms with Crippen LogP contribution in [0.5, 0.6) is 0 Å². The maximum Gasteiger partial charge on any atom is 0.338 e. The van der Waals surface area contributed by atoms with Gasteiger partial charge in [-0.25, -0.2) is 4.79 Å². The molecule has 0 radical (unpaired) electrons. The summed E-state index contributed by atoms with van der Waals surface area (Å²) in [4.78, 5) is 11.9. The summed E-state index contributed by atoms with van der Waals surface area (Å²) in [5.74, 6) is -0.410. The highest BCUT2D eigenvalue weighted by Crippen LogP contribution is 2.25. The molecule has 4 nitrogen and oxygen atoms in total. The summed E-state index contributed by atoms with van der Waals surface area (Å²) in [5.41, 5.74) is 1.79. The average molecular weight is 320 g/mol. The second-order valence-electron chi connectivity index (χ2n) is 5.72. The van der Waals surface area contributed by atoms with E-state index in [9.17, 15) is 4.79 Å². The van der Waals surface area contributed by atoms with Crippen molar-refractivity contribution in [2.75, 3.05) is 20.3 Å².